The molecule has 1 amide bonds. The van der Waals surface area contributed by atoms with Crippen LogP contribution in [0.1, 0.15) is 21.5 Å². The second-order valence-corrected chi connectivity index (χ2v) is 8.82. The van der Waals surface area contributed by atoms with E-state index in [9.17, 15) is 4.79 Å². The molecule has 0 saturated heterocycles. The number of carbonyl (C=O) groups excluding carboxylic acids is 1. The lowest BCUT2D eigenvalue weighted by Crippen LogP contribution is -2.27. The Balaban J connectivity index is 1.42. The molecule has 170 valence electrons. The van der Waals surface area contributed by atoms with Crippen LogP contribution < -0.4 is 14.8 Å². The highest BCUT2D eigenvalue weighted by Crippen LogP contribution is 2.32. The van der Waals surface area contributed by atoms with Gasteiger partial charge in [-0.25, -0.2) is 0 Å². The van der Waals surface area contributed by atoms with Gasteiger partial charge in [-0.2, -0.15) is 0 Å². The number of carbonyl (C=O) groups is 1. The smallest absolute Gasteiger partial charge is 0.251 e. The molecule has 1 aromatic heterocycles. The molecule has 1 N–H and O–H groups in total. The predicted molar refractivity (Wildman–Crippen MR) is 135 cm³/mol. The Labute approximate surface area is 198 Å². The molecule has 0 aliphatic heterocycles. The lowest BCUT2D eigenvalue weighted by Gasteiger charge is -2.10. The highest BCUT2D eigenvalue weighted by Gasteiger charge is 2.12. The fourth-order valence-electron chi connectivity index (χ4n) is 3.73. The van der Waals surface area contributed by atoms with Crippen LogP contribution >= 0.6 is 11.8 Å². The summed E-state index contributed by atoms with van der Waals surface area (Å²) in [5.41, 5.74) is 4.30. The summed E-state index contributed by atoms with van der Waals surface area (Å²) in [5.74, 6) is 1.92. The highest BCUT2D eigenvalue weighted by atomic mass is 32.2. The Morgan fingerprint density at radius 1 is 0.970 bits per heavy atom. The van der Waals surface area contributed by atoms with Gasteiger partial charge < -0.3 is 19.4 Å². The van der Waals surface area contributed by atoms with Gasteiger partial charge in [0.05, 0.1) is 14.2 Å². The number of methoxy groups -OCH3 is 2. The third kappa shape index (κ3) is 5.34. The number of benzene rings is 3. The number of para-hydroxylation sites is 1. The monoisotopic (exact) mass is 460 g/mol. The summed E-state index contributed by atoms with van der Waals surface area (Å²) in [5, 5.41) is 4.25. The van der Waals surface area contributed by atoms with E-state index in [4.69, 9.17) is 9.47 Å². The Morgan fingerprint density at radius 3 is 2.48 bits per heavy atom. The van der Waals surface area contributed by atoms with E-state index in [0.717, 1.165) is 5.75 Å². The van der Waals surface area contributed by atoms with Crippen LogP contribution in [0.3, 0.4) is 0 Å². The quantitative estimate of drug-likeness (QED) is 0.326. The number of aromatic nitrogens is 1. The molecule has 0 aliphatic carbocycles. The van der Waals surface area contributed by atoms with Crippen molar-refractivity contribution < 1.29 is 14.3 Å². The number of nitrogens with one attached hydrogen (secondary N) is 1. The first-order valence-corrected chi connectivity index (χ1v) is 11.8. The lowest BCUT2D eigenvalue weighted by molar-refractivity contribution is 0.0952. The molecule has 0 unspecified atom stereocenters. The summed E-state index contributed by atoms with van der Waals surface area (Å²) in [6, 6.07) is 22.3. The molecule has 33 heavy (non-hydrogen) atoms. The Bertz CT molecular complexity index is 1250. The molecular formula is C27H28N2O3S. The number of aryl methyl sites for hydroxylation is 1. The summed E-state index contributed by atoms with van der Waals surface area (Å²) < 4.78 is 12.8. The fraction of sp³-hybridized carbons (Fsp3) is 0.222. The minimum absolute atomic E-state index is 0.138. The first kappa shape index (κ1) is 22.8. The standard InChI is InChI=1S/C27H28N2O3S/c1-19-8-10-20(11-9-19)18-33-26-17-29(23-7-5-4-6-22(23)26)15-14-28-27(30)21-12-13-24(31-2)25(16-21)32-3/h4-13,16-17H,14-15,18H2,1-3H3,(H,28,30). The van der Waals surface area contributed by atoms with Crippen LogP contribution in [0.15, 0.2) is 77.8 Å². The van der Waals surface area contributed by atoms with E-state index in [2.05, 4.69) is 71.5 Å². The number of nitrogens with zero attached hydrogens (tertiary/aromatic N) is 1. The maximum Gasteiger partial charge on any atom is 0.251 e. The van der Waals surface area contributed by atoms with Crippen molar-refractivity contribution in [3.63, 3.8) is 0 Å². The summed E-state index contributed by atoms with van der Waals surface area (Å²) in [4.78, 5) is 13.9. The average molecular weight is 461 g/mol. The summed E-state index contributed by atoms with van der Waals surface area (Å²) in [6.45, 7) is 3.31. The van der Waals surface area contributed by atoms with Crippen molar-refractivity contribution >= 4 is 28.6 Å². The third-order valence-corrected chi connectivity index (χ3v) is 6.66. The van der Waals surface area contributed by atoms with Gasteiger partial charge in [0.25, 0.3) is 5.91 Å². The number of hydrogen-bond acceptors (Lipinski definition) is 4. The maximum atomic E-state index is 12.6. The van der Waals surface area contributed by atoms with Crippen LogP contribution in [0.2, 0.25) is 0 Å². The molecule has 1 heterocycles. The number of ether oxygens (including phenoxy) is 2. The molecule has 4 rings (SSSR count). The second-order valence-electron chi connectivity index (χ2n) is 7.80. The molecular weight excluding hydrogens is 432 g/mol. The van der Waals surface area contributed by atoms with Crippen LogP contribution in [0.4, 0.5) is 0 Å². The van der Waals surface area contributed by atoms with Gasteiger partial charge in [-0.05, 0) is 36.8 Å². The van der Waals surface area contributed by atoms with Crippen molar-refractivity contribution in [2.24, 2.45) is 0 Å². The average Bonchev–Trinajstić information content (AvgIpc) is 3.20. The Kier molecular flexibility index (Phi) is 7.25. The van der Waals surface area contributed by atoms with Crippen LogP contribution in [-0.4, -0.2) is 31.2 Å². The Hall–Kier alpha value is -3.38. The van der Waals surface area contributed by atoms with E-state index in [1.165, 1.54) is 26.9 Å². The molecule has 5 nitrogen and oxygen atoms in total. The zero-order valence-electron chi connectivity index (χ0n) is 19.1. The number of thioether (sulfide) groups is 1. The first-order valence-electron chi connectivity index (χ1n) is 10.9. The van der Waals surface area contributed by atoms with Gasteiger partial charge in [0.1, 0.15) is 0 Å². The highest BCUT2D eigenvalue weighted by molar-refractivity contribution is 7.98. The number of rotatable bonds is 9. The predicted octanol–water partition coefficient (Wildman–Crippen LogP) is 5.69. The van der Waals surface area contributed by atoms with E-state index in [1.807, 2.05) is 11.8 Å². The van der Waals surface area contributed by atoms with Crippen molar-refractivity contribution in [2.45, 2.75) is 24.1 Å². The Morgan fingerprint density at radius 2 is 1.73 bits per heavy atom. The molecule has 3 aromatic carbocycles. The summed E-state index contributed by atoms with van der Waals surface area (Å²) in [7, 11) is 3.14. The second kappa shape index (κ2) is 10.5. The maximum absolute atomic E-state index is 12.6. The summed E-state index contributed by atoms with van der Waals surface area (Å²) >= 11 is 1.84. The van der Waals surface area contributed by atoms with Gasteiger partial charge in [0.15, 0.2) is 11.5 Å². The molecule has 0 spiro atoms. The molecule has 0 bridgehead atoms. The van der Waals surface area contributed by atoms with Gasteiger partial charge >= 0.3 is 0 Å². The van der Waals surface area contributed by atoms with Gasteiger partial charge in [0.2, 0.25) is 0 Å². The number of fused-ring (bicyclic) bond motifs is 1. The van der Waals surface area contributed by atoms with Gasteiger partial charge in [-0.3, -0.25) is 4.79 Å². The van der Waals surface area contributed by atoms with Gasteiger partial charge in [-0.15, -0.1) is 11.8 Å². The molecule has 4 aromatic rings. The topological polar surface area (TPSA) is 52.5 Å². The van der Waals surface area contributed by atoms with Crippen molar-refractivity contribution in [1.82, 2.24) is 9.88 Å². The lowest BCUT2D eigenvalue weighted by atomic mass is 10.2. The van der Waals surface area contributed by atoms with E-state index in [0.29, 0.717) is 30.2 Å². The van der Waals surface area contributed by atoms with E-state index in [-0.39, 0.29) is 5.91 Å². The van der Waals surface area contributed by atoms with E-state index in [1.54, 1.807) is 32.4 Å². The fourth-order valence-corrected chi connectivity index (χ4v) is 4.77. The van der Waals surface area contributed by atoms with Crippen molar-refractivity contribution in [3.8, 4) is 11.5 Å². The zero-order chi connectivity index (χ0) is 23.2. The van der Waals surface area contributed by atoms with Crippen molar-refractivity contribution in [3.05, 3.63) is 89.6 Å². The molecule has 0 saturated carbocycles. The van der Waals surface area contributed by atoms with Crippen LogP contribution in [0.5, 0.6) is 11.5 Å². The minimum Gasteiger partial charge on any atom is -0.493 e. The minimum atomic E-state index is -0.138. The van der Waals surface area contributed by atoms with E-state index >= 15 is 0 Å². The first-order chi connectivity index (χ1) is 16.1. The SMILES string of the molecule is COc1ccc(C(=O)NCCn2cc(SCc3ccc(C)cc3)c3ccccc32)cc1OC. The third-order valence-electron chi connectivity index (χ3n) is 5.55. The zero-order valence-corrected chi connectivity index (χ0v) is 19.9. The van der Waals surface area contributed by atoms with Crippen LogP contribution in [0, 0.1) is 6.92 Å². The van der Waals surface area contributed by atoms with Crippen LogP contribution in [-0.2, 0) is 12.3 Å². The number of amides is 1. The largest absolute Gasteiger partial charge is 0.493 e. The molecule has 0 atom stereocenters. The molecule has 0 aliphatic rings. The van der Waals surface area contributed by atoms with Gasteiger partial charge in [0, 0.05) is 46.4 Å². The normalized spacial score (nSPS) is 10.9. The van der Waals surface area contributed by atoms with E-state index < -0.39 is 0 Å². The van der Waals surface area contributed by atoms with Crippen LogP contribution in [0.25, 0.3) is 10.9 Å². The van der Waals surface area contributed by atoms with Crippen molar-refractivity contribution in [2.75, 3.05) is 20.8 Å². The molecule has 0 fully saturated rings. The molecule has 0 radical (unpaired) electrons. The number of hydrogen-bond donors (Lipinski definition) is 1. The summed E-state index contributed by atoms with van der Waals surface area (Å²) in [6.07, 6.45) is 2.19. The molecule has 6 heteroatoms. The van der Waals surface area contributed by atoms with Gasteiger partial charge in [-0.1, -0.05) is 48.0 Å². The van der Waals surface area contributed by atoms with Crippen molar-refractivity contribution in [1.29, 1.82) is 0 Å².